The van der Waals surface area contributed by atoms with E-state index in [4.69, 9.17) is 9.15 Å². The number of aromatic nitrogens is 2. The largest absolute Gasteiger partial charge is 0.462 e. The zero-order chi connectivity index (χ0) is 17.1. The molecule has 7 nitrogen and oxygen atoms in total. The number of benzene rings is 1. The summed E-state index contributed by atoms with van der Waals surface area (Å²) in [6, 6.07) is 9.21. The molecule has 0 aliphatic carbocycles. The number of carbonyl (C=O) groups is 2. The Hall–Kier alpha value is -2.61. The summed E-state index contributed by atoms with van der Waals surface area (Å²) in [6.07, 6.45) is 0. The first-order valence-corrected chi connectivity index (χ1v) is 8.26. The first-order chi connectivity index (χ1) is 11.6. The number of carbonyl (C=O) groups excluding carboxylic acids is 2. The average molecular weight is 345 g/mol. The van der Waals surface area contributed by atoms with Crippen molar-refractivity contribution in [3.63, 3.8) is 0 Å². The molecular formula is C16H15N3O4S. The Morgan fingerprint density at radius 2 is 2.08 bits per heavy atom. The monoisotopic (exact) mass is 345 g/mol. The van der Waals surface area contributed by atoms with Crippen LogP contribution in [0.5, 0.6) is 0 Å². The molecule has 1 atom stereocenters. The molecule has 0 saturated carbocycles. The predicted molar refractivity (Wildman–Crippen MR) is 88.5 cm³/mol. The van der Waals surface area contributed by atoms with Gasteiger partial charge in [-0.15, -0.1) is 10.2 Å². The smallest absolute Gasteiger partial charge is 0.346 e. The molecule has 0 unspecified atom stereocenters. The van der Waals surface area contributed by atoms with Crippen molar-refractivity contribution in [3.05, 3.63) is 41.3 Å². The van der Waals surface area contributed by atoms with Crippen molar-refractivity contribution in [1.29, 1.82) is 0 Å². The minimum absolute atomic E-state index is 0.0178. The van der Waals surface area contributed by atoms with Gasteiger partial charge in [-0.1, -0.05) is 30.0 Å². The van der Waals surface area contributed by atoms with Gasteiger partial charge in [0.2, 0.25) is 11.8 Å². The van der Waals surface area contributed by atoms with Gasteiger partial charge in [0.25, 0.3) is 5.89 Å². The second-order valence-corrected chi connectivity index (χ2v) is 6.30. The van der Waals surface area contributed by atoms with Gasteiger partial charge in [0.05, 0.1) is 16.9 Å². The Labute approximate surface area is 142 Å². The van der Waals surface area contributed by atoms with E-state index >= 15 is 0 Å². The number of hydrogen-bond acceptors (Lipinski definition) is 7. The van der Waals surface area contributed by atoms with E-state index in [-0.39, 0.29) is 35.1 Å². The first kappa shape index (κ1) is 16.3. The van der Waals surface area contributed by atoms with Crippen LogP contribution in [0.25, 0.3) is 17.0 Å². The third kappa shape index (κ3) is 3.18. The zero-order valence-electron chi connectivity index (χ0n) is 13.1. The molecule has 2 aromatic rings. The molecule has 1 fully saturated rings. The van der Waals surface area contributed by atoms with Gasteiger partial charge in [-0.25, -0.2) is 4.79 Å². The van der Waals surface area contributed by atoms with Crippen LogP contribution in [-0.4, -0.2) is 33.9 Å². The topological polar surface area (TPSA) is 94.3 Å². The lowest BCUT2D eigenvalue weighted by atomic mass is 10.2. The van der Waals surface area contributed by atoms with Crippen LogP contribution in [0.1, 0.15) is 19.7 Å². The highest BCUT2D eigenvalue weighted by molar-refractivity contribution is 8.05. The van der Waals surface area contributed by atoms with Crippen molar-refractivity contribution < 1.29 is 18.7 Å². The number of hydrogen-bond donors (Lipinski definition) is 1. The second-order valence-electron chi connectivity index (χ2n) is 4.95. The van der Waals surface area contributed by atoms with Crippen molar-refractivity contribution in [2.75, 3.05) is 6.61 Å². The highest BCUT2D eigenvalue weighted by Gasteiger charge is 2.33. The van der Waals surface area contributed by atoms with Gasteiger partial charge in [0.1, 0.15) is 0 Å². The van der Waals surface area contributed by atoms with Crippen LogP contribution < -0.4 is 5.32 Å². The fourth-order valence-corrected chi connectivity index (χ4v) is 3.06. The van der Waals surface area contributed by atoms with Crippen LogP contribution in [0.15, 0.2) is 39.8 Å². The van der Waals surface area contributed by atoms with Crippen molar-refractivity contribution >= 4 is 29.2 Å². The van der Waals surface area contributed by atoms with Gasteiger partial charge in [-0.2, -0.15) is 0 Å². The summed E-state index contributed by atoms with van der Waals surface area (Å²) < 4.78 is 10.7. The average Bonchev–Trinajstić information content (AvgIpc) is 3.17. The molecule has 1 N–H and O–H groups in total. The quantitative estimate of drug-likeness (QED) is 0.670. The van der Waals surface area contributed by atoms with E-state index in [9.17, 15) is 9.59 Å². The summed E-state index contributed by atoms with van der Waals surface area (Å²) in [5, 5.41) is 10.7. The fraction of sp³-hybridized carbons (Fsp3) is 0.250. The summed E-state index contributed by atoms with van der Waals surface area (Å²) in [5.41, 5.74) is 0.815. The molecular weight excluding hydrogens is 330 g/mol. The Kier molecular flexibility index (Phi) is 4.66. The summed E-state index contributed by atoms with van der Waals surface area (Å²) in [4.78, 5) is 24.1. The highest BCUT2D eigenvalue weighted by atomic mass is 32.2. The maximum absolute atomic E-state index is 12.3. The van der Waals surface area contributed by atoms with Gasteiger partial charge in [0, 0.05) is 5.56 Å². The number of nitrogens with one attached hydrogen (secondary N) is 1. The molecule has 1 aromatic carbocycles. The molecule has 3 rings (SSSR count). The molecule has 1 aromatic heterocycles. The van der Waals surface area contributed by atoms with Crippen molar-refractivity contribution in [3.8, 4) is 11.5 Å². The first-order valence-electron chi connectivity index (χ1n) is 7.38. The van der Waals surface area contributed by atoms with E-state index in [0.717, 1.165) is 5.56 Å². The van der Waals surface area contributed by atoms with Gasteiger partial charge >= 0.3 is 5.97 Å². The van der Waals surface area contributed by atoms with Crippen LogP contribution in [0.4, 0.5) is 0 Å². The second kappa shape index (κ2) is 6.88. The van der Waals surface area contributed by atoms with Crippen molar-refractivity contribution in [2.45, 2.75) is 19.1 Å². The molecule has 1 aliphatic rings. The van der Waals surface area contributed by atoms with Crippen LogP contribution in [0.3, 0.4) is 0 Å². The fourth-order valence-electron chi connectivity index (χ4n) is 2.10. The van der Waals surface area contributed by atoms with Crippen LogP contribution in [0, 0.1) is 0 Å². The van der Waals surface area contributed by atoms with Crippen LogP contribution in [0.2, 0.25) is 0 Å². The minimum Gasteiger partial charge on any atom is -0.462 e. The Morgan fingerprint density at radius 1 is 1.33 bits per heavy atom. The molecule has 1 saturated heterocycles. The third-order valence-corrected chi connectivity index (χ3v) is 4.38. The number of rotatable bonds is 4. The maximum Gasteiger partial charge on any atom is 0.346 e. The number of ether oxygens (including phenoxy) is 1. The molecule has 1 aliphatic heterocycles. The Morgan fingerprint density at radius 3 is 2.71 bits per heavy atom. The normalized spacial score (nSPS) is 19.1. The van der Waals surface area contributed by atoms with E-state index in [1.807, 2.05) is 30.3 Å². The van der Waals surface area contributed by atoms with E-state index in [2.05, 4.69) is 15.5 Å². The number of amides is 1. The van der Waals surface area contributed by atoms with E-state index < -0.39 is 5.97 Å². The highest BCUT2D eigenvalue weighted by Crippen LogP contribution is 2.34. The molecule has 24 heavy (non-hydrogen) atoms. The Bertz CT molecular complexity index is 801. The number of esters is 1. The molecule has 2 heterocycles. The van der Waals surface area contributed by atoms with E-state index in [1.165, 1.54) is 11.8 Å². The lowest BCUT2D eigenvalue weighted by Gasteiger charge is -2.06. The van der Waals surface area contributed by atoms with E-state index in [1.54, 1.807) is 13.8 Å². The molecule has 8 heteroatoms. The summed E-state index contributed by atoms with van der Waals surface area (Å²) >= 11 is 1.23. The maximum atomic E-state index is 12.3. The van der Waals surface area contributed by atoms with Crippen molar-refractivity contribution in [1.82, 2.24) is 15.5 Å². The SMILES string of the molecule is CCOC(=O)C(=C1NC(=O)[C@@H](C)S1)c1nnc(-c2ccccc2)o1. The Balaban J connectivity index is 2.01. The van der Waals surface area contributed by atoms with Gasteiger partial charge < -0.3 is 14.5 Å². The molecule has 0 radical (unpaired) electrons. The van der Waals surface area contributed by atoms with Crippen LogP contribution in [-0.2, 0) is 14.3 Å². The minimum atomic E-state index is -0.613. The zero-order valence-corrected chi connectivity index (χ0v) is 13.9. The summed E-state index contributed by atoms with van der Waals surface area (Å²) in [5.74, 6) is -0.489. The van der Waals surface area contributed by atoms with Gasteiger partial charge in [0.15, 0.2) is 5.57 Å². The molecule has 0 spiro atoms. The van der Waals surface area contributed by atoms with E-state index in [0.29, 0.717) is 5.03 Å². The predicted octanol–water partition coefficient (Wildman–Crippen LogP) is 2.22. The van der Waals surface area contributed by atoms with Crippen LogP contribution >= 0.6 is 11.8 Å². The van der Waals surface area contributed by atoms with Gasteiger partial charge in [-0.05, 0) is 26.0 Å². The lowest BCUT2D eigenvalue weighted by molar-refractivity contribution is -0.136. The number of nitrogens with zero attached hydrogens (tertiary/aromatic N) is 2. The summed E-state index contributed by atoms with van der Waals surface area (Å²) in [7, 11) is 0. The molecule has 124 valence electrons. The van der Waals surface area contributed by atoms with Gasteiger partial charge in [-0.3, -0.25) is 4.79 Å². The number of thioether (sulfide) groups is 1. The molecule has 1 amide bonds. The molecule has 0 bridgehead atoms. The standard InChI is InChI=1S/C16H15N3O4S/c1-3-22-16(21)11(15-17-12(20)9(2)24-15)14-19-18-13(23-14)10-7-5-4-6-8-10/h4-9H,3H2,1-2H3,(H,17,20)/t9-/m1/s1. The van der Waals surface area contributed by atoms with Crippen molar-refractivity contribution in [2.24, 2.45) is 0 Å². The lowest BCUT2D eigenvalue weighted by Crippen LogP contribution is -2.21. The summed E-state index contributed by atoms with van der Waals surface area (Å²) in [6.45, 7) is 3.65. The third-order valence-electron chi connectivity index (χ3n) is 3.27.